The molecule has 1 rings (SSSR count). The van der Waals surface area contributed by atoms with Crippen LogP contribution in [0.25, 0.3) is 0 Å². The molecule has 0 heteroatoms. The van der Waals surface area contributed by atoms with E-state index in [0.29, 0.717) is 5.41 Å². The van der Waals surface area contributed by atoms with E-state index < -0.39 is 0 Å². The lowest BCUT2D eigenvalue weighted by Gasteiger charge is -2.05. The fraction of sp³-hybridized carbons (Fsp3) is 0.895. The highest BCUT2D eigenvalue weighted by Gasteiger charge is 1.96. The van der Waals surface area contributed by atoms with E-state index in [9.17, 15) is 0 Å². The van der Waals surface area contributed by atoms with Crippen LogP contribution in [0.2, 0.25) is 0 Å². The summed E-state index contributed by atoms with van der Waals surface area (Å²) in [6.07, 6.45) is 9.00. The molecule has 0 aromatic carbocycles. The summed E-state index contributed by atoms with van der Waals surface area (Å²) in [7, 11) is 0. The molecule has 1 aliphatic carbocycles. The van der Waals surface area contributed by atoms with Gasteiger partial charge >= 0.3 is 0 Å². The van der Waals surface area contributed by atoms with E-state index in [2.05, 4.69) is 34.3 Å². The largest absolute Gasteiger partial charge is 0.100 e. The zero-order chi connectivity index (χ0) is 14.3. The van der Waals surface area contributed by atoms with Gasteiger partial charge < -0.3 is 0 Å². The Morgan fingerprint density at radius 3 is 0.789 bits per heavy atom. The Bertz CT molecular complexity index is 111. The molecule has 0 amide bonds. The molecule has 0 aromatic rings. The van der Waals surface area contributed by atoms with Crippen LogP contribution in [0.3, 0.4) is 0 Å². The first-order valence-electron chi connectivity index (χ1n) is 7.35. The Hall–Kier alpha value is -0.260. The summed E-state index contributed by atoms with van der Waals surface area (Å²) >= 11 is 0. The van der Waals surface area contributed by atoms with Gasteiger partial charge in [-0.15, -0.1) is 6.58 Å². The summed E-state index contributed by atoms with van der Waals surface area (Å²) in [4.78, 5) is 0. The van der Waals surface area contributed by atoms with Gasteiger partial charge in [0.05, 0.1) is 0 Å². The van der Waals surface area contributed by atoms with Gasteiger partial charge in [-0.25, -0.2) is 0 Å². The summed E-state index contributed by atoms with van der Waals surface area (Å²) in [5, 5.41) is 0. The lowest BCUT2D eigenvalue weighted by molar-refractivity contribution is 0.469. The van der Waals surface area contributed by atoms with Crippen molar-refractivity contribution < 1.29 is 0 Å². The monoisotopic (exact) mass is 274 g/mol. The molecule has 0 saturated heterocycles. The van der Waals surface area contributed by atoms with E-state index in [1.807, 2.05) is 27.7 Å². The van der Waals surface area contributed by atoms with E-state index in [-0.39, 0.29) is 14.9 Å². The third-order valence-corrected chi connectivity index (χ3v) is 1.50. The van der Waals surface area contributed by atoms with Crippen LogP contribution in [0.15, 0.2) is 12.2 Å². The first-order valence-corrected chi connectivity index (χ1v) is 7.35. The van der Waals surface area contributed by atoms with Crippen molar-refractivity contribution in [3.63, 3.8) is 0 Å². The molecule has 122 valence electrons. The molecule has 0 atom stereocenters. The minimum absolute atomic E-state index is 0. The van der Waals surface area contributed by atoms with Gasteiger partial charge in [-0.2, -0.15) is 0 Å². The van der Waals surface area contributed by atoms with Gasteiger partial charge in [0.15, 0.2) is 0 Å². The van der Waals surface area contributed by atoms with E-state index in [1.165, 1.54) is 44.1 Å². The Kier molecular flexibility index (Phi) is 37.6. The fourth-order valence-electron chi connectivity index (χ4n) is 1.06. The summed E-state index contributed by atoms with van der Waals surface area (Å²) in [6, 6.07) is 0. The van der Waals surface area contributed by atoms with Crippen molar-refractivity contribution in [2.75, 3.05) is 0 Å². The molecule has 19 heavy (non-hydrogen) atoms. The fourth-order valence-corrected chi connectivity index (χ4v) is 1.06. The van der Waals surface area contributed by atoms with Crippen molar-refractivity contribution >= 4 is 0 Å². The Morgan fingerprint density at radius 1 is 0.684 bits per heavy atom. The van der Waals surface area contributed by atoms with Gasteiger partial charge in [0, 0.05) is 0 Å². The first-order chi connectivity index (χ1) is 7.73. The Labute approximate surface area is 127 Å². The van der Waals surface area contributed by atoms with Crippen LogP contribution in [-0.4, -0.2) is 0 Å². The second-order valence-corrected chi connectivity index (χ2v) is 6.33. The molecule has 0 N–H and O–H groups in total. The second kappa shape index (κ2) is 22.9. The minimum Gasteiger partial charge on any atom is -0.100 e. The minimum atomic E-state index is 0. The van der Waals surface area contributed by atoms with Crippen molar-refractivity contribution in [3.8, 4) is 0 Å². The molecule has 1 saturated carbocycles. The van der Waals surface area contributed by atoms with Gasteiger partial charge in [0.1, 0.15) is 0 Å². The SMILES string of the molecule is C.C.C1CCCCC1.C=C(C)C.CC.CC(C)(C)C. The van der Waals surface area contributed by atoms with E-state index >= 15 is 0 Å². The molecule has 0 unspecified atom stereocenters. The third kappa shape index (κ3) is 133. The molecule has 1 aliphatic rings. The van der Waals surface area contributed by atoms with Crippen LogP contribution < -0.4 is 0 Å². The van der Waals surface area contributed by atoms with Gasteiger partial charge in [0.2, 0.25) is 0 Å². The van der Waals surface area contributed by atoms with Crippen molar-refractivity contribution in [1.29, 1.82) is 0 Å². The van der Waals surface area contributed by atoms with Crippen LogP contribution in [0, 0.1) is 5.41 Å². The highest BCUT2D eigenvalue weighted by atomic mass is 14.0. The van der Waals surface area contributed by atoms with Gasteiger partial charge in [-0.05, 0) is 19.3 Å². The maximum atomic E-state index is 3.56. The third-order valence-electron chi connectivity index (χ3n) is 1.50. The van der Waals surface area contributed by atoms with Crippen molar-refractivity contribution in [3.05, 3.63) is 12.2 Å². The molecular weight excluding hydrogens is 228 g/mol. The molecule has 0 spiro atoms. The lowest BCUT2D eigenvalue weighted by Crippen LogP contribution is -1.93. The van der Waals surface area contributed by atoms with Crippen LogP contribution in [-0.2, 0) is 0 Å². The predicted octanol–water partition coefficient (Wildman–Crippen LogP) is 8.27. The zero-order valence-corrected chi connectivity index (χ0v) is 13.9. The average Bonchev–Trinajstić information content (AvgIpc) is 2.20. The normalized spacial score (nSPS) is 12.4. The molecule has 0 radical (unpaired) electrons. The van der Waals surface area contributed by atoms with E-state index in [1.54, 1.807) is 0 Å². The van der Waals surface area contributed by atoms with Gasteiger partial charge in [0.25, 0.3) is 0 Å². The first kappa shape index (κ1) is 31.2. The zero-order valence-electron chi connectivity index (χ0n) is 13.9. The predicted molar refractivity (Wildman–Crippen MR) is 98.1 cm³/mol. The summed E-state index contributed by atoms with van der Waals surface area (Å²) in [5.74, 6) is 0. The second-order valence-electron chi connectivity index (χ2n) is 6.33. The Morgan fingerprint density at radius 2 is 0.737 bits per heavy atom. The standard InChI is InChI=1S/C6H12.C5H12.C4H8.C2H6.2CH4/c1-2-4-6-5-3-1;1-5(2,3)4;1-4(2)3;1-2;;/h1-6H2;1-4H3;1H2,2-3H3;1-2H3;2*1H4. The molecule has 0 bridgehead atoms. The summed E-state index contributed by atoms with van der Waals surface area (Å²) < 4.78 is 0. The maximum absolute atomic E-state index is 3.56. The van der Waals surface area contributed by atoms with Crippen LogP contribution in [0.1, 0.15) is 109 Å². The number of hydrogen-bond donors (Lipinski definition) is 0. The number of allylic oxidation sites excluding steroid dienone is 1. The van der Waals surface area contributed by atoms with E-state index in [4.69, 9.17) is 0 Å². The quantitative estimate of drug-likeness (QED) is 0.390. The van der Waals surface area contributed by atoms with Gasteiger partial charge in [-0.3, -0.25) is 0 Å². The molecule has 0 nitrogen and oxygen atoms in total. The smallest absolute Gasteiger partial charge is 0.0411 e. The van der Waals surface area contributed by atoms with Crippen LogP contribution in [0.4, 0.5) is 0 Å². The summed E-state index contributed by atoms with van der Waals surface area (Å²) in [6.45, 7) is 20.2. The molecule has 1 fully saturated rings. The Balaban J connectivity index is -0.0000000470. The van der Waals surface area contributed by atoms with Crippen LogP contribution >= 0.6 is 0 Å². The number of hydrogen-bond acceptors (Lipinski definition) is 0. The van der Waals surface area contributed by atoms with Crippen LogP contribution in [0.5, 0.6) is 0 Å². The van der Waals surface area contributed by atoms with Crippen molar-refractivity contribution in [2.24, 2.45) is 5.41 Å². The molecule has 0 aliphatic heterocycles. The van der Waals surface area contributed by atoms with E-state index in [0.717, 1.165) is 0 Å². The number of rotatable bonds is 0. The maximum Gasteiger partial charge on any atom is -0.0411 e. The summed E-state index contributed by atoms with van der Waals surface area (Å²) in [5.41, 5.74) is 1.67. The molecule has 0 aromatic heterocycles. The lowest BCUT2D eigenvalue weighted by atomic mass is 10.0. The van der Waals surface area contributed by atoms with Crippen molar-refractivity contribution in [1.82, 2.24) is 0 Å². The highest BCUT2D eigenvalue weighted by molar-refractivity contribution is 4.78. The van der Waals surface area contributed by atoms with Crippen molar-refractivity contribution in [2.45, 2.75) is 109 Å². The molecular formula is C19H46. The molecule has 0 heterocycles. The topological polar surface area (TPSA) is 0 Å². The van der Waals surface area contributed by atoms with Gasteiger partial charge in [-0.1, -0.05) is 100 Å². The highest BCUT2D eigenvalue weighted by Crippen LogP contribution is 2.15. The average molecular weight is 275 g/mol.